The molecule has 10 heteroatoms. The second-order valence-electron chi connectivity index (χ2n) is 7.56. The minimum atomic E-state index is -4.50. The van der Waals surface area contributed by atoms with Crippen molar-refractivity contribution in [2.24, 2.45) is 0 Å². The summed E-state index contributed by atoms with van der Waals surface area (Å²) in [5.74, 6) is -0.0664. The Kier molecular flexibility index (Phi) is 5.00. The van der Waals surface area contributed by atoms with E-state index in [1.165, 1.54) is 13.8 Å². The van der Waals surface area contributed by atoms with Gasteiger partial charge < -0.3 is 15.6 Å². The number of hydrogen-bond donors (Lipinski definition) is 3. The minimum absolute atomic E-state index is 0. The summed E-state index contributed by atoms with van der Waals surface area (Å²) in [6, 6.07) is 10.9. The van der Waals surface area contributed by atoms with E-state index in [4.69, 9.17) is 0 Å². The quantitative estimate of drug-likeness (QED) is 0.420. The molecule has 7 nitrogen and oxygen atoms in total. The number of fused-ring (bicyclic) bond motifs is 2. The molecule has 4 aromatic rings. The zero-order chi connectivity index (χ0) is 22.2. The summed E-state index contributed by atoms with van der Waals surface area (Å²) in [7, 11) is 0. The number of pyridine rings is 1. The van der Waals surface area contributed by atoms with Crippen molar-refractivity contribution in [3.8, 4) is 11.4 Å². The molecule has 0 aliphatic rings. The number of H-pyrrole nitrogens is 1. The van der Waals surface area contributed by atoms with Gasteiger partial charge in [-0.05, 0) is 38.1 Å². The molecule has 3 heterocycles. The molecule has 3 N–H and O–H groups in total. The van der Waals surface area contributed by atoms with Gasteiger partial charge in [-0.25, -0.2) is 15.0 Å². The van der Waals surface area contributed by atoms with Crippen LogP contribution in [0.4, 0.5) is 19.0 Å². The number of halogens is 3. The summed E-state index contributed by atoms with van der Waals surface area (Å²) in [5, 5.41) is 6.37. The number of carbonyl (C=O) groups is 1. The number of rotatable bonds is 5. The highest BCUT2D eigenvalue weighted by Crippen LogP contribution is 2.30. The average molecular weight is 434 g/mol. The first-order chi connectivity index (χ1) is 14.6. The lowest BCUT2D eigenvalue weighted by atomic mass is 10.0. The first kappa shape index (κ1) is 20.6. The molecule has 0 saturated carbocycles. The lowest BCUT2D eigenvalue weighted by Crippen LogP contribution is -2.50. The van der Waals surface area contributed by atoms with E-state index in [0.29, 0.717) is 28.2 Å². The first-order valence-electron chi connectivity index (χ1n) is 9.46. The van der Waals surface area contributed by atoms with Crippen LogP contribution in [-0.4, -0.2) is 44.1 Å². The number of hydrogen-bond acceptors (Lipinski definition) is 5. The summed E-state index contributed by atoms with van der Waals surface area (Å²) >= 11 is 0. The van der Waals surface area contributed by atoms with Crippen molar-refractivity contribution in [1.82, 2.24) is 25.3 Å². The van der Waals surface area contributed by atoms with Gasteiger partial charge in [-0.1, -0.05) is 12.1 Å². The molecule has 4 rings (SSSR count). The molecule has 0 unspecified atom stereocenters. The monoisotopic (exact) mass is 434 g/mol. The predicted molar refractivity (Wildman–Crippen MR) is 118 cm³/mol. The first-order valence-corrected chi connectivity index (χ1v) is 9.46. The van der Waals surface area contributed by atoms with Crippen molar-refractivity contribution in [2.45, 2.75) is 25.6 Å². The van der Waals surface area contributed by atoms with E-state index in [1.54, 1.807) is 36.7 Å². The highest BCUT2D eigenvalue weighted by atomic mass is 19.4. The second kappa shape index (κ2) is 7.53. The minimum Gasteiger partial charge on any atom is -0.356 e. The van der Waals surface area contributed by atoms with Crippen molar-refractivity contribution in [3.63, 3.8) is 0 Å². The number of carbonyl (C=O) groups excluding carboxylic acids is 1. The maximum Gasteiger partial charge on any atom is 0.405 e. The molecule has 0 bridgehead atoms. The number of alkyl halides is 3. The standard InChI is InChI=1S/C21H19F3N6O.3H2/c1-20(2,19(31)27-11-21(22,23)24)30-18-13-6-3-4-8-15(13)28-17(29-18)14-10-26-16-12(14)7-5-9-25-16;;;/h3-10H,11H2,1-2H3,(H,25,26)(H,27,31)(H,28,29,30);3*1H. The summed E-state index contributed by atoms with van der Waals surface area (Å²) in [4.78, 5) is 29.0. The molecule has 0 aliphatic carbocycles. The third kappa shape index (κ3) is 4.27. The Morgan fingerprint density at radius 2 is 1.84 bits per heavy atom. The van der Waals surface area contributed by atoms with Crippen LogP contribution in [0.1, 0.15) is 18.1 Å². The second-order valence-corrected chi connectivity index (χ2v) is 7.56. The number of aromatic nitrogens is 4. The fraction of sp³-hybridized carbons (Fsp3) is 0.238. The van der Waals surface area contributed by atoms with Crippen molar-refractivity contribution in [2.75, 3.05) is 11.9 Å². The van der Waals surface area contributed by atoms with Gasteiger partial charge in [0.2, 0.25) is 5.91 Å². The summed E-state index contributed by atoms with van der Waals surface area (Å²) in [6.07, 6.45) is -1.09. The van der Waals surface area contributed by atoms with E-state index >= 15 is 0 Å². The summed E-state index contributed by atoms with van der Waals surface area (Å²) in [5.41, 5.74) is 0.660. The highest BCUT2D eigenvalue weighted by molar-refractivity contribution is 5.97. The molecule has 0 saturated heterocycles. The Morgan fingerprint density at radius 1 is 1.10 bits per heavy atom. The van der Waals surface area contributed by atoms with Crippen LogP contribution in [0.25, 0.3) is 33.3 Å². The van der Waals surface area contributed by atoms with Crippen LogP contribution >= 0.6 is 0 Å². The number of benzene rings is 1. The summed E-state index contributed by atoms with van der Waals surface area (Å²) in [6.45, 7) is 1.57. The van der Waals surface area contributed by atoms with Crippen LogP contribution in [0.3, 0.4) is 0 Å². The third-order valence-corrected chi connectivity index (χ3v) is 4.74. The molecule has 0 atom stereocenters. The Hall–Kier alpha value is -3.69. The fourth-order valence-corrected chi connectivity index (χ4v) is 3.19. The van der Waals surface area contributed by atoms with Crippen molar-refractivity contribution in [1.29, 1.82) is 0 Å². The third-order valence-electron chi connectivity index (χ3n) is 4.74. The molecule has 0 fully saturated rings. The maximum absolute atomic E-state index is 12.5. The zero-order valence-electron chi connectivity index (χ0n) is 16.7. The topological polar surface area (TPSA) is 95.6 Å². The lowest BCUT2D eigenvalue weighted by molar-refractivity contribution is -0.140. The van der Waals surface area contributed by atoms with Crippen LogP contribution in [0.2, 0.25) is 0 Å². The molecular weight excluding hydrogens is 409 g/mol. The van der Waals surface area contributed by atoms with E-state index in [2.05, 4.69) is 25.3 Å². The van der Waals surface area contributed by atoms with Crippen LogP contribution < -0.4 is 10.6 Å². The van der Waals surface area contributed by atoms with Crippen LogP contribution in [0.15, 0.2) is 48.8 Å². The lowest BCUT2D eigenvalue weighted by Gasteiger charge is -2.26. The van der Waals surface area contributed by atoms with Gasteiger partial charge in [-0.3, -0.25) is 4.79 Å². The fourth-order valence-electron chi connectivity index (χ4n) is 3.19. The maximum atomic E-state index is 12.5. The largest absolute Gasteiger partial charge is 0.405 e. The Bertz CT molecular complexity index is 1280. The van der Waals surface area contributed by atoms with Crippen molar-refractivity contribution < 1.29 is 22.2 Å². The van der Waals surface area contributed by atoms with Gasteiger partial charge in [0, 0.05) is 33.0 Å². The van der Waals surface area contributed by atoms with Crippen molar-refractivity contribution in [3.05, 3.63) is 48.8 Å². The Morgan fingerprint density at radius 3 is 2.61 bits per heavy atom. The normalized spacial score (nSPS) is 12.3. The molecule has 1 amide bonds. The van der Waals surface area contributed by atoms with E-state index < -0.39 is 24.2 Å². The number of amides is 1. The zero-order valence-corrected chi connectivity index (χ0v) is 16.7. The van der Waals surface area contributed by atoms with E-state index in [9.17, 15) is 18.0 Å². The molecule has 0 aliphatic heterocycles. The number of aromatic amines is 1. The average Bonchev–Trinajstić information content (AvgIpc) is 3.15. The van der Waals surface area contributed by atoms with Gasteiger partial charge in [0.1, 0.15) is 23.5 Å². The molecule has 1 aromatic carbocycles. The molecule has 3 aromatic heterocycles. The number of nitrogens with one attached hydrogen (secondary N) is 3. The highest BCUT2D eigenvalue weighted by Gasteiger charge is 2.33. The molecule has 0 radical (unpaired) electrons. The van der Waals surface area contributed by atoms with Gasteiger partial charge >= 0.3 is 6.18 Å². The van der Waals surface area contributed by atoms with Gasteiger partial charge in [0.15, 0.2) is 5.82 Å². The number of anilines is 1. The van der Waals surface area contributed by atoms with Gasteiger partial charge in [-0.15, -0.1) is 0 Å². The van der Waals surface area contributed by atoms with Crippen LogP contribution in [0, 0.1) is 0 Å². The smallest absolute Gasteiger partial charge is 0.356 e. The van der Waals surface area contributed by atoms with Gasteiger partial charge in [0.05, 0.1) is 5.52 Å². The van der Waals surface area contributed by atoms with E-state index in [1.807, 2.05) is 17.4 Å². The number of para-hydroxylation sites is 1. The summed E-state index contributed by atoms with van der Waals surface area (Å²) < 4.78 is 37.5. The van der Waals surface area contributed by atoms with Crippen molar-refractivity contribution >= 4 is 33.7 Å². The van der Waals surface area contributed by atoms with Gasteiger partial charge in [0.25, 0.3) is 0 Å². The molecule has 166 valence electrons. The molecular formula is C21H25F3N6O. The Labute approximate surface area is 179 Å². The Balaban J connectivity index is 0.00000193. The molecule has 31 heavy (non-hydrogen) atoms. The van der Waals surface area contributed by atoms with Crippen LogP contribution in [-0.2, 0) is 4.79 Å². The van der Waals surface area contributed by atoms with Crippen LogP contribution in [0.5, 0.6) is 0 Å². The van der Waals surface area contributed by atoms with E-state index in [-0.39, 0.29) is 4.28 Å². The SMILES string of the molecule is CC(C)(Nc1nc(-c2c[nH]c3ncccc23)nc2ccccc12)C(=O)NCC(F)(F)F.[HH].[HH].[HH]. The van der Waals surface area contributed by atoms with E-state index in [0.717, 1.165) is 10.9 Å². The van der Waals surface area contributed by atoms with Gasteiger partial charge in [-0.2, -0.15) is 13.2 Å². The predicted octanol–water partition coefficient (Wildman–Crippen LogP) is 4.78. The molecule has 0 spiro atoms. The number of nitrogens with zero attached hydrogens (tertiary/aromatic N) is 3.